The number of ether oxygens (including phenoxy) is 1. The third-order valence-corrected chi connectivity index (χ3v) is 6.38. The first kappa shape index (κ1) is 22.3. The van der Waals surface area contributed by atoms with E-state index in [-0.39, 0.29) is 24.2 Å². The van der Waals surface area contributed by atoms with E-state index in [0.717, 1.165) is 24.2 Å². The van der Waals surface area contributed by atoms with E-state index >= 15 is 0 Å². The maximum absolute atomic E-state index is 13.0. The number of anilines is 1. The Labute approximate surface area is 191 Å². The van der Waals surface area contributed by atoms with Crippen LogP contribution in [0.25, 0.3) is 0 Å². The van der Waals surface area contributed by atoms with Crippen LogP contribution in [0.1, 0.15) is 43.7 Å². The second-order valence-corrected chi connectivity index (χ2v) is 8.53. The molecule has 9 nitrogen and oxygen atoms in total. The maximum atomic E-state index is 13.0. The van der Waals surface area contributed by atoms with Crippen LogP contribution in [0.3, 0.4) is 0 Å². The molecule has 1 aliphatic heterocycles. The van der Waals surface area contributed by atoms with Crippen molar-refractivity contribution in [3.63, 3.8) is 0 Å². The number of carbonyl (C=O) groups is 3. The number of aromatic nitrogens is 1. The summed E-state index contributed by atoms with van der Waals surface area (Å²) in [7, 11) is 0. The topological polar surface area (TPSA) is 124 Å². The van der Waals surface area contributed by atoms with E-state index in [0.29, 0.717) is 29.0 Å². The van der Waals surface area contributed by atoms with Crippen LogP contribution in [0.15, 0.2) is 36.5 Å². The van der Waals surface area contributed by atoms with Gasteiger partial charge in [-0.25, -0.2) is 9.78 Å². The van der Waals surface area contributed by atoms with Crippen molar-refractivity contribution in [1.29, 1.82) is 5.26 Å². The summed E-state index contributed by atoms with van der Waals surface area (Å²) in [6, 6.07) is 9.77. The van der Waals surface area contributed by atoms with Gasteiger partial charge in [-0.05, 0) is 61.6 Å². The standard InChI is InChI=1S/C24H25N5O4/c1-15-12-18(33-21-17(13-25)7-5-11-26-21)8-9-19(15)27-20(30)14-29-22(31)24(28-23(29)32)10-4-3-6-16(24)2/h5,7-9,11-12,16H,3-4,6,10,14H2,1-2H3,(H,27,30)(H,28,32)/t16-,24-/m0/s1. The number of rotatable bonds is 5. The van der Waals surface area contributed by atoms with Gasteiger partial charge in [-0.3, -0.25) is 14.5 Å². The minimum Gasteiger partial charge on any atom is -0.438 e. The lowest BCUT2D eigenvalue weighted by Crippen LogP contribution is -2.54. The third-order valence-electron chi connectivity index (χ3n) is 6.38. The van der Waals surface area contributed by atoms with Gasteiger partial charge in [0, 0.05) is 11.9 Å². The minimum absolute atomic E-state index is 0.0335. The second kappa shape index (κ2) is 8.90. The van der Waals surface area contributed by atoms with E-state index in [1.165, 1.54) is 6.20 Å². The molecule has 4 amide bonds. The molecule has 1 aromatic heterocycles. The molecular weight excluding hydrogens is 422 g/mol. The molecule has 1 aliphatic carbocycles. The van der Waals surface area contributed by atoms with E-state index in [4.69, 9.17) is 4.74 Å². The van der Waals surface area contributed by atoms with Crippen molar-refractivity contribution in [3.05, 3.63) is 47.7 Å². The first-order valence-corrected chi connectivity index (χ1v) is 10.9. The average Bonchev–Trinajstić information content (AvgIpc) is 3.03. The zero-order valence-corrected chi connectivity index (χ0v) is 18.6. The number of amides is 4. The van der Waals surface area contributed by atoms with Crippen LogP contribution in [0.4, 0.5) is 10.5 Å². The fourth-order valence-electron chi connectivity index (χ4n) is 4.48. The number of aryl methyl sites for hydroxylation is 1. The molecule has 1 saturated heterocycles. The summed E-state index contributed by atoms with van der Waals surface area (Å²) in [6.45, 7) is 3.41. The van der Waals surface area contributed by atoms with Crippen molar-refractivity contribution in [1.82, 2.24) is 15.2 Å². The summed E-state index contributed by atoms with van der Waals surface area (Å²) in [4.78, 5) is 43.3. The van der Waals surface area contributed by atoms with Gasteiger partial charge in [-0.1, -0.05) is 19.8 Å². The maximum Gasteiger partial charge on any atom is 0.325 e. The highest BCUT2D eigenvalue weighted by molar-refractivity contribution is 6.10. The van der Waals surface area contributed by atoms with E-state index < -0.39 is 17.5 Å². The van der Waals surface area contributed by atoms with Crippen LogP contribution >= 0.6 is 0 Å². The molecule has 2 aromatic rings. The molecular formula is C24H25N5O4. The summed E-state index contributed by atoms with van der Waals surface area (Å²) in [5, 5.41) is 14.8. The molecule has 1 aromatic carbocycles. The predicted octanol–water partition coefficient (Wildman–Crippen LogP) is 3.49. The number of nitrogens with zero attached hydrogens (tertiary/aromatic N) is 3. The molecule has 0 bridgehead atoms. The fourth-order valence-corrected chi connectivity index (χ4v) is 4.48. The summed E-state index contributed by atoms with van der Waals surface area (Å²) in [6.07, 6.45) is 4.91. The summed E-state index contributed by atoms with van der Waals surface area (Å²) in [5.74, 6) is -0.0962. The minimum atomic E-state index is -0.891. The first-order chi connectivity index (χ1) is 15.8. The quantitative estimate of drug-likeness (QED) is 0.676. The molecule has 2 atom stereocenters. The van der Waals surface area contributed by atoms with Crippen LogP contribution in [0.2, 0.25) is 0 Å². The van der Waals surface area contributed by atoms with Gasteiger partial charge >= 0.3 is 6.03 Å². The molecule has 0 radical (unpaired) electrons. The van der Waals surface area contributed by atoms with Crippen LogP contribution in [-0.4, -0.2) is 39.8 Å². The highest BCUT2D eigenvalue weighted by atomic mass is 16.5. The van der Waals surface area contributed by atoms with Crippen molar-refractivity contribution in [2.24, 2.45) is 5.92 Å². The Morgan fingerprint density at radius 2 is 2.18 bits per heavy atom. The number of nitrogens with one attached hydrogen (secondary N) is 2. The smallest absolute Gasteiger partial charge is 0.325 e. The van der Waals surface area contributed by atoms with Crippen LogP contribution in [0.5, 0.6) is 11.6 Å². The Morgan fingerprint density at radius 1 is 1.36 bits per heavy atom. The summed E-state index contributed by atoms with van der Waals surface area (Å²) < 4.78 is 5.70. The van der Waals surface area contributed by atoms with Gasteiger partial charge in [0.2, 0.25) is 11.8 Å². The molecule has 2 aliphatic rings. The molecule has 4 rings (SSSR count). The van der Waals surface area contributed by atoms with Crippen molar-refractivity contribution in [2.45, 2.75) is 45.1 Å². The Morgan fingerprint density at radius 3 is 2.91 bits per heavy atom. The largest absolute Gasteiger partial charge is 0.438 e. The van der Waals surface area contributed by atoms with Crippen molar-refractivity contribution in [3.8, 4) is 17.7 Å². The molecule has 1 spiro atoms. The number of imide groups is 1. The lowest BCUT2D eigenvalue weighted by Gasteiger charge is -2.36. The lowest BCUT2D eigenvalue weighted by atomic mass is 9.73. The highest BCUT2D eigenvalue weighted by Crippen LogP contribution is 2.38. The summed E-state index contributed by atoms with van der Waals surface area (Å²) >= 11 is 0. The van der Waals surface area contributed by atoms with Crippen LogP contribution in [-0.2, 0) is 9.59 Å². The molecule has 2 N–H and O–H groups in total. The number of benzene rings is 1. The number of urea groups is 1. The van der Waals surface area contributed by atoms with Crippen LogP contribution < -0.4 is 15.4 Å². The third kappa shape index (κ3) is 4.24. The Hall–Kier alpha value is -3.93. The van der Waals surface area contributed by atoms with E-state index in [9.17, 15) is 19.6 Å². The van der Waals surface area contributed by atoms with Crippen molar-refractivity contribution < 1.29 is 19.1 Å². The number of hydrogen-bond donors (Lipinski definition) is 2. The molecule has 9 heteroatoms. The zero-order valence-electron chi connectivity index (χ0n) is 18.6. The van der Waals surface area contributed by atoms with Gasteiger partial charge in [0.05, 0.1) is 0 Å². The summed E-state index contributed by atoms with van der Waals surface area (Å²) in [5.41, 5.74) is 0.663. The Bertz CT molecular complexity index is 1160. The predicted molar refractivity (Wildman–Crippen MR) is 119 cm³/mol. The van der Waals surface area contributed by atoms with Gasteiger partial charge in [0.1, 0.15) is 29.5 Å². The second-order valence-electron chi connectivity index (χ2n) is 8.53. The molecule has 170 valence electrons. The fraction of sp³-hybridized carbons (Fsp3) is 0.375. The normalized spacial score (nSPS) is 22.1. The molecule has 33 heavy (non-hydrogen) atoms. The van der Waals surface area contributed by atoms with Crippen molar-refractivity contribution >= 4 is 23.5 Å². The molecule has 2 heterocycles. The van der Waals surface area contributed by atoms with Crippen LogP contribution in [0, 0.1) is 24.2 Å². The number of hydrogen-bond acceptors (Lipinski definition) is 6. The highest BCUT2D eigenvalue weighted by Gasteiger charge is 2.55. The van der Waals surface area contributed by atoms with Gasteiger partial charge in [-0.15, -0.1) is 0 Å². The number of nitriles is 1. The lowest BCUT2D eigenvalue weighted by molar-refractivity contribution is -0.136. The van der Waals surface area contributed by atoms with E-state index in [1.54, 1.807) is 37.3 Å². The molecule has 1 saturated carbocycles. The SMILES string of the molecule is Cc1cc(Oc2ncccc2C#N)ccc1NC(=O)CN1C(=O)N[C@]2(CCCC[C@@H]2C)C1=O. The Balaban J connectivity index is 1.42. The van der Waals surface area contributed by atoms with Crippen molar-refractivity contribution in [2.75, 3.05) is 11.9 Å². The van der Waals surface area contributed by atoms with E-state index in [1.807, 2.05) is 13.0 Å². The first-order valence-electron chi connectivity index (χ1n) is 10.9. The van der Waals surface area contributed by atoms with Gasteiger partial charge in [0.25, 0.3) is 5.91 Å². The average molecular weight is 447 g/mol. The van der Waals surface area contributed by atoms with Gasteiger partial charge in [-0.2, -0.15) is 5.26 Å². The molecule has 0 unspecified atom stereocenters. The van der Waals surface area contributed by atoms with Gasteiger partial charge < -0.3 is 15.4 Å². The number of carbonyl (C=O) groups excluding carboxylic acids is 3. The van der Waals surface area contributed by atoms with Gasteiger partial charge in [0.15, 0.2) is 0 Å². The Kier molecular flexibility index (Phi) is 6.01. The monoisotopic (exact) mass is 447 g/mol. The molecule has 2 fully saturated rings. The zero-order chi connectivity index (χ0) is 23.6. The van der Waals surface area contributed by atoms with E-state index in [2.05, 4.69) is 15.6 Å². The number of pyridine rings is 1.